The third-order valence-electron chi connectivity index (χ3n) is 16.7. The van der Waals surface area contributed by atoms with E-state index >= 15 is 0 Å². The van der Waals surface area contributed by atoms with Crippen molar-refractivity contribution < 1.29 is 24.3 Å². The maximum absolute atomic E-state index is 14.3. The highest BCUT2D eigenvalue weighted by Crippen LogP contribution is 2.35. The first kappa shape index (κ1) is 58.3. The number of pyridine rings is 1. The molecule has 432 valence electrons. The molecule has 82 heavy (non-hydrogen) atoms. The molecular weight excluding hydrogens is 1070 g/mol. The van der Waals surface area contributed by atoms with Crippen LogP contribution >= 0.6 is 22.7 Å². The number of hydrogen-bond donors (Lipinski definition) is 5. The predicted molar refractivity (Wildman–Crippen MR) is 327 cm³/mol. The molecule has 1 saturated carbocycles. The van der Waals surface area contributed by atoms with Crippen molar-refractivity contribution in [3.8, 4) is 21.6 Å². The van der Waals surface area contributed by atoms with Crippen LogP contribution in [0, 0.1) is 25.2 Å². The van der Waals surface area contributed by atoms with Crippen LogP contribution in [-0.4, -0.2) is 96.2 Å². The van der Waals surface area contributed by atoms with E-state index in [-0.39, 0.29) is 49.1 Å². The van der Waals surface area contributed by atoms with Crippen LogP contribution in [-0.2, 0) is 40.4 Å². The van der Waals surface area contributed by atoms with Crippen molar-refractivity contribution >= 4 is 67.5 Å². The number of unbranched alkanes of at least 4 members (excludes halogenated alkanes) is 3. The molecule has 10 rings (SSSR count). The van der Waals surface area contributed by atoms with E-state index in [0.29, 0.717) is 36.1 Å². The average molecular weight is 1150 g/mol. The number of aromatic nitrogens is 5. The number of β-amino-alcohol motifs (C(OH)–C–C–N with tert-alkyl or cyclic N) is 1. The van der Waals surface area contributed by atoms with E-state index in [0.717, 1.165) is 111 Å². The summed E-state index contributed by atoms with van der Waals surface area (Å²) in [5, 5.41) is 29.2. The van der Waals surface area contributed by atoms with Gasteiger partial charge in [0.2, 0.25) is 17.7 Å². The number of benzene rings is 3. The number of thiazole rings is 2. The van der Waals surface area contributed by atoms with Gasteiger partial charge in [-0.1, -0.05) is 113 Å². The molecule has 4 amide bonds. The van der Waals surface area contributed by atoms with Crippen LogP contribution in [0.5, 0.6) is 0 Å². The fraction of sp³-hybridized carbons (Fsp3) is 0.469. The largest absolute Gasteiger partial charge is 0.391 e. The molecule has 1 saturated heterocycles. The number of nitrogens with one attached hydrogen (secondary N) is 4. The van der Waals surface area contributed by atoms with E-state index in [9.17, 15) is 24.3 Å². The number of amides is 4. The lowest BCUT2D eigenvalue weighted by atomic mass is 9.85. The number of aliphatic hydroxyl groups excluding tert-OH is 1. The molecule has 7 aromatic rings. The number of carbonyl (C=O) groups excluding carboxylic acids is 4. The Hall–Kier alpha value is -6.86. The second-order valence-electron chi connectivity index (χ2n) is 23.8. The van der Waals surface area contributed by atoms with E-state index in [2.05, 4.69) is 65.9 Å². The molecule has 5 N–H and O–H groups in total. The molecule has 0 spiro atoms. The van der Waals surface area contributed by atoms with E-state index in [1.807, 2.05) is 107 Å². The Morgan fingerprint density at radius 1 is 0.866 bits per heavy atom. The summed E-state index contributed by atoms with van der Waals surface area (Å²) in [5.74, 6) is 0.419. The van der Waals surface area contributed by atoms with Gasteiger partial charge in [0.15, 0.2) is 5.13 Å². The summed E-state index contributed by atoms with van der Waals surface area (Å²) in [7, 11) is 0. The summed E-state index contributed by atoms with van der Waals surface area (Å²) in [4.78, 5) is 74.8. The molecule has 3 aromatic carbocycles. The van der Waals surface area contributed by atoms with Crippen molar-refractivity contribution in [1.29, 1.82) is 0 Å². The minimum Gasteiger partial charge on any atom is -0.391 e. The number of rotatable bonds is 21. The molecule has 2 fully saturated rings. The lowest BCUT2D eigenvalue weighted by Crippen LogP contribution is -2.57. The second-order valence-corrected chi connectivity index (χ2v) is 25.7. The quantitative estimate of drug-likeness (QED) is 0.0429. The van der Waals surface area contributed by atoms with Crippen LogP contribution in [0.1, 0.15) is 148 Å². The fourth-order valence-electron chi connectivity index (χ4n) is 12.0. The summed E-state index contributed by atoms with van der Waals surface area (Å²) < 4.78 is 3.21. The van der Waals surface area contributed by atoms with E-state index in [1.54, 1.807) is 11.3 Å². The summed E-state index contributed by atoms with van der Waals surface area (Å²) in [5.41, 5.74) is 12.0. The van der Waals surface area contributed by atoms with Crippen LogP contribution in [0.15, 0.2) is 90.6 Å². The third-order valence-corrected chi connectivity index (χ3v) is 18.7. The molecule has 0 radical (unpaired) electrons. The van der Waals surface area contributed by atoms with Gasteiger partial charge in [-0.05, 0) is 123 Å². The highest BCUT2D eigenvalue weighted by Gasteiger charge is 2.45. The Labute approximate surface area is 489 Å². The number of aliphatic hydroxyl groups is 1. The lowest BCUT2D eigenvalue weighted by molar-refractivity contribution is -0.144. The maximum Gasteiger partial charge on any atom is 0.257 e. The molecule has 3 aliphatic rings. The number of fused-ring (bicyclic) bond motifs is 2. The number of aryl methyl sites for hydroxylation is 1. The van der Waals surface area contributed by atoms with Crippen molar-refractivity contribution in [3.63, 3.8) is 0 Å². The predicted octanol–water partition coefficient (Wildman–Crippen LogP) is 11.1. The minimum atomic E-state index is -0.887. The molecule has 0 unspecified atom stereocenters. The summed E-state index contributed by atoms with van der Waals surface area (Å²) >= 11 is 3.06. The number of nitrogens with zero attached hydrogens (tertiary/aromatic N) is 7. The molecule has 2 aliphatic heterocycles. The zero-order valence-corrected chi connectivity index (χ0v) is 49.9. The first-order valence-corrected chi connectivity index (χ1v) is 31.1. The molecule has 18 heteroatoms. The van der Waals surface area contributed by atoms with Gasteiger partial charge in [0.1, 0.15) is 17.9 Å². The van der Waals surface area contributed by atoms with E-state index in [4.69, 9.17) is 10.1 Å². The van der Waals surface area contributed by atoms with Gasteiger partial charge >= 0.3 is 0 Å². The first-order chi connectivity index (χ1) is 39.6. The maximum atomic E-state index is 14.3. The summed E-state index contributed by atoms with van der Waals surface area (Å²) in [6.07, 6.45) is 12.0. The van der Waals surface area contributed by atoms with Gasteiger partial charge < -0.3 is 30.9 Å². The highest BCUT2D eigenvalue weighted by atomic mass is 32.1. The van der Waals surface area contributed by atoms with Crippen LogP contribution in [0.3, 0.4) is 0 Å². The van der Waals surface area contributed by atoms with Gasteiger partial charge in [-0.25, -0.2) is 15.0 Å². The molecule has 4 atom stereocenters. The SMILES string of the molecule is Cc1ncsc1-c1ccc([C@H](C)NC(=O)[C@@H]2C[C@@H](O)CN2C(=O)[C@@H](NC(=O)CCCCCCNCc2nc(N3CCc4cccc(C(=O)Nc5nc6ccccc6s5)c4C3)ccc2-c2cnn(CC3CCCCC3)c2C)C(C)(C)C)cc1. The van der Waals surface area contributed by atoms with Crippen molar-refractivity contribution in [2.45, 2.75) is 162 Å². The van der Waals surface area contributed by atoms with Crippen molar-refractivity contribution in [2.75, 3.05) is 29.9 Å². The van der Waals surface area contributed by atoms with Crippen LogP contribution in [0.4, 0.5) is 10.9 Å². The average Bonchev–Trinajstić information content (AvgIpc) is 4.41. The topological polar surface area (TPSA) is 200 Å². The molecular formula is C64H79N11O5S2. The Balaban J connectivity index is 0.733. The zero-order valence-electron chi connectivity index (χ0n) is 48.3. The van der Waals surface area contributed by atoms with Crippen LogP contribution in [0.25, 0.3) is 31.8 Å². The van der Waals surface area contributed by atoms with Gasteiger partial charge in [-0.2, -0.15) is 5.10 Å². The van der Waals surface area contributed by atoms with Crippen molar-refractivity contribution in [3.05, 3.63) is 130 Å². The van der Waals surface area contributed by atoms with E-state index in [1.165, 1.54) is 53.9 Å². The molecule has 6 heterocycles. The van der Waals surface area contributed by atoms with Crippen molar-refractivity contribution in [1.82, 2.24) is 45.6 Å². The number of hydrogen-bond acceptors (Lipinski definition) is 13. The number of likely N-dealkylation sites (tertiary alicyclic amines) is 1. The summed E-state index contributed by atoms with van der Waals surface area (Å²) in [6, 6.07) is 24.1. The Morgan fingerprint density at radius 3 is 2.43 bits per heavy atom. The Morgan fingerprint density at radius 2 is 1.66 bits per heavy atom. The minimum absolute atomic E-state index is 0.0152. The standard InChI is InChI=1S/C64H79N11O5S2/c1-40(44-24-26-46(27-25-44)58-41(2)66-39-81-58)68-61(79)54-33-47(76)37-74(54)62(80)59(64(4,5)6)71-57(77)23-12-7-8-15-31-65-35-53-48(50-34-67-75(42(50)3)36-43-17-10-9-11-18-43)28-29-56(69-53)73-32-30-45-19-16-20-49(51(45)38-73)60(78)72-63-70-52-21-13-14-22-55(52)82-63/h13-14,16,19-22,24-29,34,39-40,43,47,54,59,65,76H,7-12,15,17-18,23,30-33,35-38H2,1-6H3,(H,68,79)(H,71,77)(H,70,72,78)/t40-,47+,54-,59+/m0/s1. The van der Waals surface area contributed by atoms with Gasteiger partial charge in [-0.15, -0.1) is 11.3 Å². The van der Waals surface area contributed by atoms with Gasteiger partial charge in [0.25, 0.3) is 5.91 Å². The normalized spacial score (nSPS) is 17.4. The van der Waals surface area contributed by atoms with E-state index < -0.39 is 23.6 Å². The second kappa shape index (κ2) is 26.2. The van der Waals surface area contributed by atoms with Crippen molar-refractivity contribution in [2.24, 2.45) is 11.3 Å². The summed E-state index contributed by atoms with van der Waals surface area (Å²) in [6.45, 7) is 15.4. The van der Waals surface area contributed by atoms with Crippen LogP contribution in [0.2, 0.25) is 0 Å². The Kier molecular flexibility index (Phi) is 18.6. The smallest absolute Gasteiger partial charge is 0.257 e. The van der Waals surface area contributed by atoms with Crippen LogP contribution < -0.4 is 26.2 Å². The fourth-order valence-corrected chi connectivity index (χ4v) is 13.7. The number of carbonyl (C=O) groups is 4. The lowest BCUT2D eigenvalue weighted by Gasteiger charge is -2.35. The van der Waals surface area contributed by atoms with Gasteiger partial charge in [-0.3, -0.25) is 29.2 Å². The first-order valence-electron chi connectivity index (χ1n) is 29.4. The monoisotopic (exact) mass is 1150 g/mol. The zero-order chi connectivity index (χ0) is 57.5. The third kappa shape index (κ3) is 13.8. The highest BCUT2D eigenvalue weighted by molar-refractivity contribution is 7.22. The molecule has 0 bridgehead atoms. The number of anilines is 2. The molecule has 1 aliphatic carbocycles. The van der Waals surface area contributed by atoms with Gasteiger partial charge in [0, 0.05) is 67.9 Å². The van der Waals surface area contributed by atoms with Gasteiger partial charge in [0.05, 0.1) is 50.3 Å². The Bertz CT molecular complexity index is 3340. The molecule has 16 nitrogen and oxygen atoms in total. The number of para-hydroxylation sites is 1. The molecule has 4 aromatic heterocycles.